The number of hydrogen-bond acceptors (Lipinski definition) is 5. The van der Waals surface area contributed by atoms with Gasteiger partial charge in [0.2, 0.25) is 5.91 Å². The van der Waals surface area contributed by atoms with Gasteiger partial charge in [-0.05, 0) is 74.5 Å². The van der Waals surface area contributed by atoms with Crippen molar-refractivity contribution in [2.45, 2.75) is 75.2 Å². The Hall–Kier alpha value is -1.99. The molecule has 0 aromatic heterocycles. The lowest BCUT2D eigenvalue weighted by Gasteiger charge is -2.64. The highest BCUT2D eigenvalue weighted by molar-refractivity contribution is 6.42. The van der Waals surface area contributed by atoms with Gasteiger partial charge in [-0.1, -0.05) is 49.2 Å². The topological polar surface area (TPSA) is 62.2 Å². The van der Waals surface area contributed by atoms with Gasteiger partial charge in [-0.3, -0.25) is 4.79 Å². The smallest absolute Gasteiger partial charge is 0.227 e. The first-order chi connectivity index (χ1) is 18.1. The minimum absolute atomic E-state index is 0.0144. The van der Waals surface area contributed by atoms with Crippen LogP contribution in [0.25, 0.3) is 0 Å². The second-order valence-corrected chi connectivity index (χ2v) is 12.8. The molecule has 0 radical (unpaired) electrons. The average molecular weight is 560 g/mol. The first-order valence-electron chi connectivity index (χ1n) is 13.6. The zero-order valence-corrected chi connectivity index (χ0v) is 24.0. The molecule has 6 nitrogen and oxygen atoms in total. The van der Waals surface area contributed by atoms with E-state index in [0.717, 1.165) is 36.3 Å². The summed E-state index contributed by atoms with van der Waals surface area (Å²) in [4.78, 5) is 18.3. The molecule has 8 heteroatoms. The number of amides is 1. The summed E-state index contributed by atoms with van der Waals surface area (Å²) in [6.07, 6.45) is 2.75. The monoisotopic (exact) mass is 558 g/mol. The maximum absolute atomic E-state index is 14.0. The van der Waals surface area contributed by atoms with Gasteiger partial charge in [-0.2, -0.15) is 0 Å². The summed E-state index contributed by atoms with van der Waals surface area (Å²) < 4.78 is 12.6. The lowest BCUT2D eigenvalue weighted by molar-refractivity contribution is -0.198. The van der Waals surface area contributed by atoms with E-state index in [1.54, 1.807) is 19.2 Å². The van der Waals surface area contributed by atoms with Gasteiger partial charge in [-0.25, -0.2) is 0 Å². The summed E-state index contributed by atoms with van der Waals surface area (Å²) in [6, 6.07) is 9.35. The van der Waals surface area contributed by atoms with Gasteiger partial charge in [-0.15, -0.1) is 0 Å². The van der Waals surface area contributed by atoms with Crippen molar-refractivity contribution in [1.29, 1.82) is 0 Å². The van der Waals surface area contributed by atoms with Crippen LogP contribution in [0.1, 0.15) is 49.8 Å². The molecular formula is C30H36Cl2N2O4. The number of halogens is 2. The molecule has 204 valence electrons. The molecule has 2 aromatic carbocycles. The van der Waals surface area contributed by atoms with E-state index >= 15 is 0 Å². The minimum Gasteiger partial charge on any atom is -0.493 e. The SMILES string of the molecule is COc1ccc2c3c1O[C@H]1[C@H](N(CC(C)C)C(=O)Cc4ccc(Cl)c(Cl)c4)CC[C@@]4(O)[C@@H](C2)N(C)CC[C@]314. The van der Waals surface area contributed by atoms with Crippen LogP contribution >= 0.6 is 23.2 Å². The minimum atomic E-state index is -0.929. The Morgan fingerprint density at radius 1 is 1.24 bits per heavy atom. The zero-order chi connectivity index (χ0) is 27.0. The highest BCUT2D eigenvalue weighted by atomic mass is 35.5. The second kappa shape index (κ2) is 9.29. The predicted molar refractivity (Wildman–Crippen MR) is 149 cm³/mol. The molecule has 1 spiro atoms. The van der Waals surface area contributed by atoms with Crippen molar-refractivity contribution in [3.63, 3.8) is 0 Å². The van der Waals surface area contributed by atoms with Crippen LogP contribution in [0, 0.1) is 5.92 Å². The highest BCUT2D eigenvalue weighted by Crippen LogP contribution is 2.65. The number of hydrogen-bond donors (Lipinski definition) is 1. The number of ether oxygens (including phenoxy) is 2. The normalized spacial score (nSPS) is 31.1. The third kappa shape index (κ3) is 3.63. The molecule has 6 rings (SSSR count). The van der Waals surface area contributed by atoms with E-state index in [1.165, 1.54) is 5.56 Å². The van der Waals surface area contributed by atoms with E-state index in [1.807, 2.05) is 17.0 Å². The number of piperidine rings is 1. The summed E-state index contributed by atoms with van der Waals surface area (Å²) in [5.74, 6) is 1.76. The molecule has 1 N–H and O–H groups in total. The van der Waals surface area contributed by atoms with Crippen LogP contribution in [-0.4, -0.2) is 71.8 Å². The highest BCUT2D eigenvalue weighted by Gasteiger charge is 2.73. The third-order valence-electron chi connectivity index (χ3n) is 9.52. The first-order valence-corrected chi connectivity index (χ1v) is 14.4. The fourth-order valence-corrected chi connectivity index (χ4v) is 8.26. The molecular weight excluding hydrogens is 523 g/mol. The number of nitrogens with zero attached hydrogens (tertiary/aromatic N) is 2. The van der Waals surface area contributed by atoms with E-state index in [2.05, 4.69) is 31.9 Å². The average Bonchev–Trinajstić information content (AvgIpc) is 3.23. The van der Waals surface area contributed by atoms with Crippen molar-refractivity contribution in [2.24, 2.45) is 5.92 Å². The molecule has 2 fully saturated rings. The Balaban J connectivity index is 1.43. The Morgan fingerprint density at radius 3 is 2.74 bits per heavy atom. The molecule has 5 atom stereocenters. The Morgan fingerprint density at radius 2 is 2.03 bits per heavy atom. The summed E-state index contributed by atoms with van der Waals surface area (Å²) in [7, 11) is 3.78. The number of rotatable bonds is 6. The molecule has 0 unspecified atom stereocenters. The van der Waals surface area contributed by atoms with Crippen molar-refractivity contribution in [1.82, 2.24) is 9.80 Å². The van der Waals surface area contributed by atoms with Crippen LogP contribution in [0.3, 0.4) is 0 Å². The predicted octanol–water partition coefficient (Wildman–Crippen LogP) is 4.88. The summed E-state index contributed by atoms with van der Waals surface area (Å²) in [5, 5.41) is 13.5. The lowest BCUT2D eigenvalue weighted by Crippen LogP contribution is -2.78. The van der Waals surface area contributed by atoms with E-state index in [0.29, 0.717) is 35.2 Å². The standard InChI is InChI=1S/C30H36Cl2N2O4/c1-17(2)16-34(25(35)14-18-5-7-20(31)21(32)13-18)22-9-10-30(36)24-15-19-6-8-23(37-4)27-26(19)29(30,28(22)38-27)11-12-33(24)3/h5-8,13,17,22,24,28,36H,9-12,14-16H2,1-4H3/t22-,24-,28+,29+,30-/m1/s1. The maximum atomic E-state index is 14.0. The van der Waals surface area contributed by atoms with Crippen LogP contribution in [0.4, 0.5) is 0 Å². The van der Waals surface area contributed by atoms with Crippen molar-refractivity contribution in [3.05, 3.63) is 57.1 Å². The van der Waals surface area contributed by atoms with E-state index in [-0.39, 0.29) is 36.4 Å². The van der Waals surface area contributed by atoms with Crippen LogP contribution < -0.4 is 9.47 Å². The molecule has 1 saturated heterocycles. The Labute approximate surface area is 234 Å². The van der Waals surface area contributed by atoms with Gasteiger partial charge in [0.15, 0.2) is 11.5 Å². The van der Waals surface area contributed by atoms with Crippen molar-refractivity contribution in [2.75, 3.05) is 27.2 Å². The van der Waals surface area contributed by atoms with Gasteiger partial charge in [0.1, 0.15) is 6.10 Å². The number of likely N-dealkylation sites (tertiary alicyclic amines) is 1. The third-order valence-corrected chi connectivity index (χ3v) is 10.3. The second-order valence-electron chi connectivity index (χ2n) is 12.0. The van der Waals surface area contributed by atoms with Gasteiger partial charge < -0.3 is 24.4 Å². The lowest BCUT2D eigenvalue weighted by atomic mass is 9.48. The molecule has 38 heavy (non-hydrogen) atoms. The van der Waals surface area contributed by atoms with Gasteiger partial charge in [0.25, 0.3) is 0 Å². The number of methoxy groups -OCH3 is 1. The molecule has 2 aromatic rings. The van der Waals surface area contributed by atoms with Crippen LogP contribution in [0.2, 0.25) is 10.0 Å². The van der Waals surface area contributed by atoms with Gasteiger partial charge in [0, 0.05) is 18.2 Å². The largest absolute Gasteiger partial charge is 0.493 e. The van der Waals surface area contributed by atoms with Crippen LogP contribution in [-0.2, 0) is 23.1 Å². The van der Waals surface area contributed by atoms with Crippen LogP contribution in [0.5, 0.6) is 11.5 Å². The quantitative estimate of drug-likeness (QED) is 0.547. The van der Waals surface area contributed by atoms with E-state index < -0.39 is 11.0 Å². The van der Waals surface area contributed by atoms with Crippen molar-refractivity contribution >= 4 is 29.1 Å². The fourth-order valence-electron chi connectivity index (χ4n) is 7.94. The number of likely N-dealkylation sites (N-methyl/N-ethyl adjacent to an activating group) is 1. The van der Waals surface area contributed by atoms with Gasteiger partial charge in [0.05, 0.1) is 40.6 Å². The molecule has 2 aliphatic heterocycles. The maximum Gasteiger partial charge on any atom is 0.227 e. The number of carbonyl (C=O) groups excluding carboxylic acids is 1. The van der Waals surface area contributed by atoms with E-state index in [4.69, 9.17) is 32.7 Å². The van der Waals surface area contributed by atoms with Crippen molar-refractivity contribution < 1.29 is 19.4 Å². The Kier molecular flexibility index (Phi) is 6.42. The van der Waals surface area contributed by atoms with Crippen molar-refractivity contribution in [3.8, 4) is 11.5 Å². The number of benzene rings is 2. The van der Waals surface area contributed by atoms with E-state index in [9.17, 15) is 9.90 Å². The molecule has 2 aliphatic carbocycles. The molecule has 1 saturated carbocycles. The van der Waals surface area contributed by atoms with Crippen LogP contribution in [0.15, 0.2) is 30.3 Å². The first kappa shape index (κ1) is 26.2. The molecule has 4 aliphatic rings. The molecule has 2 bridgehead atoms. The zero-order valence-electron chi connectivity index (χ0n) is 22.5. The summed E-state index contributed by atoms with van der Waals surface area (Å²) >= 11 is 12.4. The summed E-state index contributed by atoms with van der Waals surface area (Å²) in [5.41, 5.74) is 1.66. The Bertz CT molecular complexity index is 1290. The number of carbonyl (C=O) groups is 1. The molecule has 2 heterocycles. The fraction of sp³-hybridized carbons (Fsp3) is 0.567. The number of aliphatic hydroxyl groups is 1. The van der Waals surface area contributed by atoms with Gasteiger partial charge >= 0.3 is 0 Å². The summed E-state index contributed by atoms with van der Waals surface area (Å²) in [6.45, 7) is 5.75. The molecule has 1 amide bonds.